The molecule has 0 N–H and O–H groups in total. The Labute approximate surface area is 124 Å². The average Bonchev–Trinajstić information content (AvgIpc) is 2.48. The molecule has 2 aromatic carbocycles. The normalized spacial score (nSPS) is 12.6. The van der Waals surface area contributed by atoms with Crippen molar-refractivity contribution in [1.29, 1.82) is 0 Å². The van der Waals surface area contributed by atoms with Crippen LogP contribution in [0, 0.1) is 0 Å². The predicted molar refractivity (Wildman–Crippen MR) is 85.1 cm³/mol. The van der Waals surface area contributed by atoms with Crippen molar-refractivity contribution in [2.45, 2.75) is 31.4 Å². The third kappa shape index (κ3) is 4.48. The molecule has 0 aromatic heterocycles. The van der Waals surface area contributed by atoms with E-state index in [1.165, 1.54) is 11.1 Å². The van der Waals surface area contributed by atoms with Crippen LogP contribution in [0.5, 0.6) is 0 Å². The molecule has 2 rings (SSSR count). The van der Waals surface area contributed by atoms with Crippen LogP contribution < -0.4 is 0 Å². The van der Waals surface area contributed by atoms with Gasteiger partial charge in [0.2, 0.25) is 0 Å². The molecule has 0 aliphatic rings. The highest BCUT2D eigenvalue weighted by Gasteiger charge is 2.14. The van der Waals surface area contributed by atoms with Gasteiger partial charge >= 0.3 is 0 Å². The molecule has 1 atom stereocenters. The van der Waals surface area contributed by atoms with E-state index in [0.29, 0.717) is 4.95 Å². The molecule has 0 radical (unpaired) electrons. The largest absolute Gasteiger partial charge is 0.282 e. The standard InChI is InChI=1S/C17H20BrN/c1-2-17(18)19(13-15-9-5-3-6-10-15)14-16-11-7-4-8-12-16/h3-12,17H,2,13-14H2,1H3. The number of hydrogen-bond donors (Lipinski definition) is 0. The minimum atomic E-state index is 0.410. The van der Waals surface area contributed by atoms with E-state index in [0.717, 1.165) is 19.5 Å². The van der Waals surface area contributed by atoms with E-state index in [1.807, 2.05) is 0 Å². The van der Waals surface area contributed by atoms with Gasteiger partial charge in [-0.1, -0.05) is 83.5 Å². The van der Waals surface area contributed by atoms with Crippen molar-refractivity contribution in [3.05, 3.63) is 71.8 Å². The molecule has 1 unspecified atom stereocenters. The van der Waals surface area contributed by atoms with Crippen LogP contribution >= 0.6 is 15.9 Å². The Bertz CT molecular complexity index is 428. The maximum Gasteiger partial charge on any atom is 0.0658 e. The van der Waals surface area contributed by atoms with Gasteiger partial charge in [0, 0.05) is 13.1 Å². The van der Waals surface area contributed by atoms with E-state index in [4.69, 9.17) is 0 Å². The van der Waals surface area contributed by atoms with Crippen molar-refractivity contribution in [2.24, 2.45) is 0 Å². The predicted octanol–water partition coefficient (Wildman–Crippen LogP) is 4.82. The third-order valence-corrected chi connectivity index (χ3v) is 4.42. The number of benzene rings is 2. The summed E-state index contributed by atoms with van der Waals surface area (Å²) in [6, 6.07) is 21.3. The Kier molecular flexibility index (Phi) is 5.62. The third-order valence-electron chi connectivity index (χ3n) is 3.19. The molecule has 0 spiro atoms. The van der Waals surface area contributed by atoms with Crippen molar-refractivity contribution in [3.63, 3.8) is 0 Å². The first-order valence-corrected chi connectivity index (χ1v) is 7.67. The molecule has 0 saturated carbocycles. The molecule has 100 valence electrons. The molecule has 0 heterocycles. The molecule has 0 bridgehead atoms. The van der Waals surface area contributed by atoms with Gasteiger partial charge in [-0.05, 0) is 17.5 Å². The first kappa shape index (κ1) is 14.3. The van der Waals surface area contributed by atoms with Crippen molar-refractivity contribution in [3.8, 4) is 0 Å². The Morgan fingerprint density at radius 2 is 1.26 bits per heavy atom. The van der Waals surface area contributed by atoms with Crippen LogP contribution in [0.25, 0.3) is 0 Å². The van der Waals surface area contributed by atoms with E-state index >= 15 is 0 Å². The van der Waals surface area contributed by atoms with Gasteiger partial charge in [-0.25, -0.2) is 0 Å². The number of hydrogen-bond acceptors (Lipinski definition) is 1. The zero-order valence-corrected chi connectivity index (χ0v) is 12.9. The summed E-state index contributed by atoms with van der Waals surface area (Å²) in [5, 5.41) is 0. The lowest BCUT2D eigenvalue weighted by molar-refractivity contribution is 0.238. The zero-order valence-electron chi connectivity index (χ0n) is 11.3. The lowest BCUT2D eigenvalue weighted by Gasteiger charge is -2.27. The van der Waals surface area contributed by atoms with Crippen LogP contribution in [0.1, 0.15) is 24.5 Å². The molecule has 19 heavy (non-hydrogen) atoms. The Balaban J connectivity index is 2.08. The van der Waals surface area contributed by atoms with Crippen LogP contribution in [0.4, 0.5) is 0 Å². The fraction of sp³-hybridized carbons (Fsp3) is 0.294. The fourth-order valence-electron chi connectivity index (χ4n) is 2.15. The fourth-order valence-corrected chi connectivity index (χ4v) is 2.44. The Morgan fingerprint density at radius 1 is 0.842 bits per heavy atom. The van der Waals surface area contributed by atoms with E-state index in [2.05, 4.69) is 88.4 Å². The van der Waals surface area contributed by atoms with E-state index in [-0.39, 0.29) is 0 Å². The summed E-state index contributed by atoms with van der Waals surface area (Å²) in [4.78, 5) is 2.87. The lowest BCUT2D eigenvalue weighted by atomic mass is 10.1. The summed E-state index contributed by atoms with van der Waals surface area (Å²) < 4.78 is 0. The van der Waals surface area contributed by atoms with Gasteiger partial charge in [0.25, 0.3) is 0 Å². The van der Waals surface area contributed by atoms with E-state index in [9.17, 15) is 0 Å². The van der Waals surface area contributed by atoms with Gasteiger partial charge in [0.15, 0.2) is 0 Å². The van der Waals surface area contributed by atoms with Crippen molar-refractivity contribution >= 4 is 15.9 Å². The first-order chi connectivity index (χ1) is 9.29. The summed E-state index contributed by atoms with van der Waals surface area (Å²) in [6.45, 7) is 4.15. The minimum Gasteiger partial charge on any atom is -0.282 e. The number of nitrogens with zero attached hydrogens (tertiary/aromatic N) is 1. The SMILES string of the molecule is CCC(Br)N(Cc1ccccc1)Cc1ccccc1. The molecule has 0 aliphatic carbocycles. The maximum atomic E-state index is 3.78. The number of halogens is 1. The summed E-state index contributed by atoms with van der Waals surface area (Å²) in [5.74, 6) is 0. The Morgan fingerprint density at radius 3 is 1.63 bits per heavy atom. The van der Waals surface area contributed by atoms with Gasteiger partial charge in [0.1, 0.15) is 0 Å². The maximum absolute atomic E-state index is 3.78. The second-order valence-electron chi connectivity index (χ2n) is 4.72. The van der Waals surface area contributed by atoms with Crippen LogP contribution in [-0.2, 0) is 13.1 Å². The van der Waals surface area contributed by atoms with E-state index in [1.54, 1.807) is 0 Å². The monoisotopic (exact) mass is 317 g/mol. The first-order valence-electron chi connectivity index (χ1n) is 6.75. The van der Waals surface area contributed by atoms with Gasteiger partial charge in [-0.15, -0.1) is 0 Å². The topological polar surface area (TPSA) is 3.24 Å². The van der Waals surface area contributed by atoms with Crippen LogP contribution in [0.3, 0.4) is 0 Å². The second kappa shape index (κ2) is 7.46. The number of rotatable bonds is 6. The van der Waals surface area contributed by atoms with Gasteiger partial charge in [-0.3, -0.25) is 4.90 Å². The molecule has 0 aliphatic heterocycles. The molecule has 1 nitrogen and oxygen atoms in total. The van der Waals surface area contributed by atoms with Crippen molar-refractivity contribution in [2.75, 3.05) is 0 Å². The van der Waals surface area contributed by atoms with Crippen LogP contribution in [0.15, 0.2) is 60.7 Å². The average molecular weight is 318 g/mol. The van der Waals surface area contributed by atoms with E-state index < -0.39 is 0 Å². The molecular formula is C17H20BrN. The summed E-state index contributed by atoms with van der Waals surface area (Å²) >= 11 is 3.78. The highest BCUT2D eigenvalue weighted by atomic mass is 79.9. The molecule has 2 aromatic rings. The second-order valence-corrected chi connectivity index (χ2v) is 5.78. The summed E-state index contributed by atoms with van der Waals surface area (Å²) in [7, 11) is 0. The van der Waals surface area contributed by atoms with Crippen molar-refractivity contribution in [1.82, 2.24) is 4.90 Å². The van der Waals surface area contributed by atoms with Crippen LogP contribution in [0.2, 0.25) is 0 Å². The molecular weight excluding hydrogens is 298 g/mol. The zero-order chi connectivity index (χ0) is 13.5. The van der Waals surface area contributed by atoms with Crippen molar-refractivity contribution < 1.29 is 0 Å². The highest BCUT2D eigenvalue weighted by molar-refractivity contribution is 9.09. The lowest BCUT2D eigenvalue weighted by Crippen LogP contribution is -2.29. The molecule has 0 amide bonds. The Hall–Kier alpha value is -1.12. The van der Waals surface area contributed by atoms with Crippen LogP contribution in [-0.4, -0.2) is 9.85 Å². The quantitative estimate of drug-likeness (QED) is 0.545. The smallest absolute Gasteiger partial charge is 0.0658 e. The van der Waals surface area contributed by atoms with Gasteiger partial charge in [0.05, 0.1) is 4.95 Å². The summed E-state index contributed by atoms with van der Waals surface area (Å²) in [6.07, 6.45) is 1.10. The minimum absolute atomic E-state index is 0.410. The molecule has 0 saturated heterocycles. The number of alkyl halides is 1. The highest BCUT2D eigenvalue weighted by Crippen LogP contribution is 2.18. The van der Waals surface area contributed by atoms with Gasteiger partial charge < -0.3 is 0 Å². The van der Waals surface area contributed by atoms with Gasteiger partial charge in [-0.2, -0.15) is 0 Å². The molecule has 0 fully saturated rings. The molecule has 2 heteroatoms. The summed E-state index contributed by atoms with van der Waals surface area (Å²) in [5.41, 5.74) is 2.72.